The van der Waals surface area contributed by atoms with Gasteiger partial charge in [-0.05, 0) is 19.3 Å². The topological polar surface area (TPSA) is 69.4 Å². The van der Waals surface area contributed by atoms with E-state index in [1.54, 1.807) is 6.92 Å². The van der Waals surface area contributed by atoms with E-state index in [0.29, 0.717) is 13.2 Å². The van der Waals surface area contributed by atoms with Crippen LogP contribution >= 0.6 is 0 Å². The smallest absolute Gasteiger partial charge is 0.154 e. The van der Waals surface area contributed by atoms with Crippen LogP contribution in [-0.2, 0) is 14.6 Å². The number of sulfone groups is 1. The second kappa shape index (κ2) is 5.47. The Balaban J connectivity index is 2.58. The normalized spacial score (nSPS) is 25.9. The van der Waals surface area contributed by atoms with Gasteiger partial charge in [0.15, 0.2) is 9.84 Å². The maximum atomic E-state index is 12.0. The molecule has 1 aliphatic heterocycles. The summed E-state index contributed by atoms with van der Waals surface area (Å²) in [4.78, 5) is 0. The quantitative estimate of drug-likeness (QED) is 0.783. The van der Waals surface area contributed by atoms with E-state index < -0.39 is 9.84 Å². The van der Waals surface area contributed by atoms with Gasteiger partial charge < -0.3 is 10.5 Å². The fourth-order valence-electron chi connectivity index (χ4n) is 1.86. The van der Waals surface area contributed by atoms with Crippen molar-refractivity contribution in [2.45, 2.75) is 38.5 Å². The van der Waals surface area contributed by atoms with Crippen LogP contribution in [0.4, 0.5) is 0 Å². The van der Waals surface area contributed by atoms with Crippen LogP contribution in [0, 0.1) is 11.8 Å². The van der Waals surface area contributed by atoms with Gasteiger partial charge in [-0.25, -0.2) is 8.42 Å². The average molecular weight is 249 g/mol. The fraction of sp³-hybridized carbons (Fsp3) is 1.00. The average Bonchev–Trinajstić information content (AvgIpc) is 2.68. The lowest BCUT2D eigenvalue weighted by molar-refractivity contribution is 0.182. The van der Waals surface area contributed by atoms with Gasteiger partial charge in [-0.15, -0.1) is 0 Å². The van der Waals surface area contributed by atoms with Gasteiger partial charge in [0.25, 0.3) is 0 Å². The van der Waals surface area contributed by atoms with Crippen molar-refractivity contribution in [2.75, 3.05) is 19.0 Å². The van der Waals surface area contributed by atoms with Crippen LogP contribution in [-0.4, -0.2) is 38.7 Å². The molecule has 4 nitrogen and oxygen atoms in total. The van der Waals surface area contributed by atoms with Gasteiger partial charge in [0.2, 0.25) is 0 Å². The summed E-state index contributed by atoms with van der Waals surface area (Å²) in [6.07, 6.45) is 0.882. The maximum absolute atomic E-state index is 12.0. The number of nitrogens with two attached hydrogens (primary N) is 1. The van der Waals surface area contributed by atoms with Crippen molar-refractivity contribution in [3.8, 4) is 0 Å². The first-order valence-electron chi connectivity index (χ1n) is 5.89. The molecule has 0 amide bonds. The molecule has 0 spiro atoms. The van der Waals surface area contributed by atoms with Crippen molar-refractivity contribution < 1.29 is 13.2 Å². The van der Waals surface area contributed by atoms with Crippen molar-refractivity contribution in [1.82, 2.24) is 0 Å². The number of hydrogen-bond acceptors (Lipinski definition) is 4. The predicted octanol–water partition coefficient (Wildman–Crippen LogP) is 0.809. The third-order valence-electron chi connectivity index (χ3n) is 3.50. The third-order valence-corrected chi connectivity index (χ3v) is 6.03. The minimum Gasteiger partial charge on any atom is -0.381 e. The fourth-order valence-corrected chi connectivity index (χ4v) is 3.80. The summed E-state index contributed by atoms with van der Waals surface area (Å²) >= 11 is 0. The van der Waals surface area contributed by atoms with E-state index in [1.165, 1.54) is 0 Å². The Kier molecular flexibility index (Phi) is 4.76. The highest BCUT2D eigenvalue weighted by Gasteiger charge is 2.31. The second-order valence-electron chi connectivity index (χ2n) is 5.07. The van der Waals surface area contributed by atoms with Crippen molar-refractivity contribution in [3.05, 3.63) is 0 Å². The minimum atomic E-state index is -3.08. The molecular formula is C11H23NO3S. The van der Waals surface area contributed by atoms with Gasteiger partial charge >= 0.3 is 0 Å². The van der Waals surface area contributed by atoms with Crippen molar-refractivity contribution in [3.63, 3.8) is 0 Å². The molecule has 5 heteroatoms. The molecule has 1 fully saturated rings. The summed E-state index contributed by atoms with van der Waals surface area (Å²) in [5.74, 6) is 0.423. The highest BCUT2D eigenvalue weighted by Crippen LogP contribution is 2.19. The molecule has 1 aliphatic rings. The Morgan fingerprint density at radius 1 is 1.38 bits per heavy atom. The van der Waals surface area contributed by atoms with Crippen molar-refractivity contribution >= 4 is 9.84 Å². The van der Waals surface area contributed by atoms with Gasteiger partial charge in [0.05, 0.1) is 17.6 Å². The second-order valence-corrected chi connectivity index (χ2v) is 7.47. The monoisotopic (exact) mass is 249 g/mol. The van der Waals surface area contributed by atoms with E-state index in [-0.39, 0.29) is 28.9 Å². The Morgan fingerprint density at radius 3 is 2.44 bits per heavy atom. The lowest BCUT2D eigenvalue weighted by atomic mass is 10.0. The molecule has 2 N–H and O–H groups in total. The van der Waals surface area contributed by atoms with Crippen LogP contribution in [0.5, 0.6) is 0 Å². The van der Waals surface area contributed by atoms with Crippen LogP contribution in [0.2, 0.25) is 0 Å². The summed E-state index contributed by atoms with van der Waals surface area (Å²) in [5.41, 5.74) is 5.94. The standard InChI is InChI=1S/C11H23NO3S/c1-8(2)9(3)16(13,14)7-11(12)10-4-5-15-6-10/h8-11H,4-7,12H2,1-3H3. The molecule has 0 bridgehead atoms. The Hall–Kier alpha value is -0.130. The van der Waals surface area contributed by atoms with Crippen LogP contribution < -0.4 is 5.73 Å². The third kappa shape index (κ3) is 3.43. The largest absolute Gasteiger partial charge is 0.381 e. The van der Waals surface area contributed by atoms with Crippen molar-refractivity contribution in [2.24, 2.45) is 17.6 Å². The first-order chi connectivity index (χ1) is 7.34. The molecule has 0 saturated carbocycles. The zero-order valence-corrected chi connectivity index (χ0v) is 11.2. The maximum Gasteiger partial charge on any atom is 0.154 e. The highest BCUT2D eigenvalue weighted by atomic mass is 32.2. The molecular weight excluding hydrogens is 226 g/mol. The van der Waals surface area contributed by atoms with E-state index >= 15 is 0 Å². The lowest BCUT2D eigenvalue weighted by Crippen LogP contribution is -2.40. The summed E-state index contributed by atoms with van der Waals surface area (Å²) < 4.78 is 29.3. The molecule has 0 aromatic heterocycles. The van der Waals surface area contributed by atoms with Crippen molar-refractivity contribution in [1.29, 1.82) is 0 Å². The lowest BCUT2D eigenvalue weighted by Gasteiger charge is -2.22. The molecule has 3 atom stereocenters. The summed E-state index contributed by atoms with van der Waals surface area (Å²) in [5, 5.41) is -0.319. The zero-order chi connectivity index (χ0) is 12.3. The Bertz CT molecular complexity index is 307. The van der Waals surface area contributed by atoms with E-state index in [4.69, 9.17) is 10.5 Å². The molecule has 0 aliphatic carbocycles. The Labute approximate surface area is 98.5 Å². The first kappa shape index (κ1) is 13.9. The number of ether oxygens (including phenoxy) is 1. The number of hydrogen-bond donors (Lipinski definition) is 1. The van der Waals surface area contributed by atoms with Gasteiger partial charge in [0, 0.05) is 18.6 Å². The van der Waals surface area contributed by atoms with Gasteiger partial charge in [-0.1, -0.05) is 13.8 Å². The molecule has 1 saturated heterocycles. The van der Waals surface area contributed by atoms with Crippen LogP contribution in [0.1, 0.15) is 27.2 Å². The molecule has 3 unspecified atom stereocenters. The van der Waals surface area contributed by atoms with Gasteiger partial charge in [-0.3, -0.25) is 0 Å². The molecule has 1 heterocycles. The van der Waals surface area contributed by atoms with E-state index in [0.717, 1.165) is 6.42 Å². The van der Waals surface area contributed by atoms with E-state index in [9.17, 15) is 8.42 Å². The van der Waals surface area contributed by atoms with Crippen LogP contribution in [0.3, 0.4) is 0 Å². The highest BCUT2D eigenvalue weighted by molar-refractivity contribution is 7.92. The number of rotatable bonds is 5. The molecule has 0 aromatic rings. The molecule has 96 valence electrons. The summed E-state index contributed by atoms with van der Waals surface area (Å²) in [6, 6.07) is -0.284. The van der Waals surface area contributed by atoms with E-state index in [2.05, 4.69) is 0 Å². The molecule has 0 radical (unpaired) electrons. The van der Waals surface area contributed by atoms with Crippen LogP contribution in [0.25, 0.3) is 0 Å². The predicted molar refractivity (Wildman–Crippen MR) is 65.0 cm³/mol. The van der Waals surface area contributed by atoms with Crippen LogP contribution in [0.15, 0.2) is 0 Å². The Morgan fingerprint density at radius 2 is 2.00 bits per heavy atom. The zero-order valence-electron chi connectivity index (χ0n) is 10.3. The SMILES string of the molecule is CC(C)C(C)S(=O)(=O)CC(N)C1CCOC1. The van der Waals surface area contributed by atoms with Gasteiger partial charge in [0.1, 0.15) is 0 Å². The summed E-state index contributed by atoms with van der Waals surface area (Å²) in [7, 11) is -3.08. The van der Waals surface area contributed by atoms with E-state index in [1.807, 2.05) is 13.8 Å². The van der Waals surface area contributed by atoms with Gasteiger partial charge in [-0.2, -0.15) is 0 Å². The molecule has 16 heavy (non-hydrogen) atoms. The minimum absolute atomic E-state index is 0.0837. The molecule has 0 aromatic carbocycles. The summed E-state index contributed by atoms with van der Waals surface area (Å²) in [6.45, 7) is 6.92. The first-order valence-corrected chi connectivity index (χ1v) is 7.61. The molecule has 1 rings (SSSR count).